The van der Waals surface area contributed by atoms with Crippen LogP contribution in [-0.2, 0) is 32.7 Å². The molecule has 2 atom stereocenters. The van der Waals surface area contributed by atoms with E-state index in [1.807, 2.05) is 0 Å². The predicted octanol–water partition coefficient (Wildman–Crippen LogP) is 1.89. The van der Waals surface area contributed by atoms with E-state index in [1.165, 1.54) is 13.1 Å². The number of piperidine rings is 1. The van der Waals surface area contributed by atoms with Crippen LogP contribution in [0, 0.1) is 23.7 Å². The summed E-state index contributed by atoms with van der Waals surface area (Å²) in [5, 5.41) is 4.35. The normalized spacial score (nSPS) is 42.9. The van der Waals surface area contributed by atoms with Gasteiger partial charge in [-0.05, 0) is 11.8 Å². The minimum atomic E-state index is 0. The van der Waals surface area contributed by atoms with Crippen molar-refractivity contribution in [2.75, 3.05) is 13.1 Å². The number of hydrogen-bond donors (Lipinski definition) is 0. The molecule has 0 aromatic heterocycles. The molecule has 0 amide bonds. The average Bonchev–Trinajstić information content (AvgIpc) is 2.30. The van der Waals surface area contributed by atoms with Crippen molar-refractivity contribution in [3.8, 4) is 0 Å². The van der Waals surface area contributed by atoms with Crippen molar-refractivity contribution in [3.05, 3.63) is 5.32 Å². The van der Waals surface area contributed by atoms with Crippen LogP contribution in [0.25, 0.3) is 5.32 Å². The Kier molecular flexibility index (Phi) is 2.93. The summed E-state index contributed by atoms with van der Waals surface area (Å²) < 4.78 is 0. The Labute approximate surface area is 88.2 Å². The Bertz CT molecular complexity index is 114. The maximum atomic E-state index is 4.35. The van der Waals surface area contributed by atoms with Gasteiger partial charge < -0.3 is 5.32 Å². The molecule has 2 fully saturated rings. The van der Waals surface area contributed by atoms with Crippen LogP contribution < -0.4 is 0 Å². The standard InChI is InChI=1S/C8H14N.Y/c1-5(2)8-6-3-9-4-7(6)8;/h5-8H,3-4H2,1-2H3;/q-1;. The zero-order valence-electron chi connectivity index (χ0n) is 6.75. The van der Waals surface area contributed by atoms with E-state index < -0.39 is 0 Å². The summed E-state index contributed by atoms with van der Waals surface area (Å²) in [7, 11) is 0. The summed E-state index contributed by atoms with van der Waals surface area (Å²) in [4.78, 5) is 0. The van der Waals surface area contributed by atoms with Gasteiger partial charge in [0.1, 0.15) is 0 Å². The first kappa shape index (κ1) is 9.15. The van der Waals surface area contributed by atoms with E-state index in [0.29, 0.717) is 0 Å². The van der Waals surface area contributed by atoms with Gasteiger partial charge in [0.2, 0.25) is 0 Å². The largest absolute Gasteiger partial charge is 0.662 e. The van der Waals surface area contributed by atoms with Crippen LogP contribution in [0.1, 0.15) is 13.8 Å². The molecule has 1 saturated heterocycles. The first-order chi connectivity index (χ1) is 4.30. The fourth-order valence-corrected chi connectivity index (χ4v) is 2.35. The molecule has 2 heteroatoms. The van der Waals surface area contributed by atoms with Crippen LogP contribution in [0.5, 0.6) is 0 Å². The van der Waals surface area contributed by atoms with Crippen molar-refractivity contribution in [1.82, 2.24) is 0 Å². The summed E-state index contributed by atoms with van der Waals surface area (Å²) in [6.07, 6.45) is 0. The van der Waals surface area contributed by atoms with Gasteiger partial charge >= 0.3 is 0 Å². The Morgan fingerprint density at radius 1 is 1.20 bits per heavy atom. The third-order valence-electron chi connectivity index (χ3n) is 2.85. The van der Waals surface area contributed by atoms with Crippen molar-refractivity contribution in [1.29, 1.82) is 0 Å². The molecular formula is C8H14NY-. The van der Waals surface area contributed by atoms with E-state index in [2.05, 4.69) is 19.2 Å². The smallest absolute Gasteiger partial charge is 0 e. The average molecular weight is 213 g/mol. The number of nitrogens with zero attached hydrogens (tertiary/aromatic N) is 1. The minimum absolute atomic E-state index is 0. The molecule has 0 bridgehead atoms. The van der Waals surface area contributed by atoms with E-state index in [9.17, 15) is 0 Å². The number of fused-ring (bicyclic) bond motifs is 1. The third kappa shape index (κ3) is 1.33. The molecule has 55 valence electrons. The molecule has 0 aromatic carbocycles. The monoisotopic (exact) mass is 213 g/mol. The second-order valence-electron chi connectivity index (χ2n) is 3.74. The molecule has 0 N–H and O–H groups in total. The predicted molar refractivity (Wildman–Crippen MR) is 38.4 cm³/mol. The Balaban J connectivity index is 0.000000500. The van der Waals surface area contributed by atoms with Crippen LogP contribution >= 0.6 is 0 Å². The van der Waals surface area contributed by atoms with Gasteiger partial charge in [-0.3, -0.25) is 0 Å². The summed E-state index contributed by atoms with van der Waals surface area (Å²) >= 11 is 0. The summed E-state index contributed by atoms with van der Waals surface area (Å²) in [5.41, 5.74) is 0. The molecule has 1 nitrogen and oxygen atoms in total. The van der Waals surface area contributed by atoms with Gasteiger partial charge in [0.15, 0.2) is 0 Å². The Morgan fingerprint density at radius 2 is 1.70 bits per heavy atom. The molecular weight excluding hydrogens is 199 g/mol. The van der Waals surface area contributed by atoms with Crippen LogP contribution in [0.2, 0.25) is 0 Å². The van der Waals surface area contributed by atoms with Crippen molar-refractivity contribution >= 4 is 0 Å². The van der Waals surface area contributed by atoms with Crippen LogP contribution in [-0.4, -0.2) is 13.1 Å². The van der Waals surface area contributed by atoms with Crippen LogP contribution in [0.15, 0.2) is 0 Å². The summed E-state index contributed by atoms with van der Waals surface area (Å²) in [5.74, 6) is 3.97. The summed E-state index contributed by atoms with van der Waals surface area (Å²) in [6, 6.07) is 0. The first-order valence-corrected chi connectivity index (χ1v) is 3.94. The molecule has 1 heterocycles. The third-order valence-corrected chi connectivity index (χ3v) is 2.85. The molecule has 0 spiro atoms. The number of hydrogen-bond acceptors (Lipinski definition) is 0. The van der Waals surface area contributed by atoms with Gasteiger partial charge in [-0.25, -0.2) is 0 Å². The summed E-state index contributed by atoms with van der Waals surface area (Å²) in [6.45, 7) is 7.02. The maximum absolute atomic E-state index is 4.35. The molecule has 0 aromatic rings. The van der Waals surface area contributed by atoms with Gasteiger partial charge in [-0.15, -0.1) is 13.1 Å². The van der Waals surface area contributed by atoms with Crippen molar-refractivity contribution in [3.63, 3.8) is 0 Å². The van der Waals surface area contributed by atoms with E-state index in [4.69, 9.17) is 0 Å². The van der Waals surface area contributed by atoms with Gasteiger partial charge in [-0.1, -0.05) is 25.7 Å². The zero-order valence-corrected chi connectivity index (χ0v) is 9.59. The molecule has 2 rings (SSSR count). The van der Waals surface area contributed by atoms with Crippen molar-refractivity contribution < 1.29 is 32.7 Å². The zero-order chi connectivity index (χ0) is 6.43. The van der Waals surface area contributed by atoms with Crippen LogP contribution in [0.3, 0.4) is 0 Å². The maximum Gasteiger partial charge on any atom is 0 e. The second-order valence-corrected chi connectivity index (χ2v) is 3.74. The first-order valence-electron chi connectivity index (χ1n) is 3.94. The van der Waals surface area contributed by atoms with E-state index in [0.717, 1.165) is 23.7 Å². The molecule has 1 aliphatic carbocycles. The fraction of sp³-hybridized carbons (Fsp3) is 1.00. The van der Waals surface area contributed by atoms with Gasteiger partial charge in [-0.2, -0.15) is 0 Å². The van der Waals surface area contributed by atoms with Crippen molar-refractivity contribution in [2.24, 2.45) is 23.7 Å². The molecule has 2 aliphatic rings. The topological polar surface area (TPSA) is 14.1 Å². The molecule has 1 aliphatic heterocycles. The van der Waals surface area contributed by atoms with Crippen molar-refractivity contribution in [2.45, 2.75) is 13.8 Å². The quantitative estimate of drug-likeness (QED) is 0.631. The molecule has 10 heavy (non-hydrogen) atoms. The van der Waals surface area contributed by atoms with E-state index >= 15 is 0 Å². The molecule has 1 saturated carbocycles. The Hall–Kier alpha value is 1.06. The molecule has 2 unspecified atom stereocenters. The fourth-order valence-electron chi connectivity index (χ4n) is 2.35. The number of rotatable bonds is 1. The molecule has 1 radical (unpaired) electrons. The van der Waals surface area contributed by atoms with Crippen LogP contribution in [0.4, 0.5) is 0 Å². The van der Waals surface area contributed by atoms with Gasteiger partial charge in [0.25, 0.3) is 0 Å². The van der Waals surface area contributed by atoms with Gasteiger partial charge in [0, 0.05) is 32.7 Å². The Morgan fingerprint density at radius 3 is 2.00 bits per heavy atom. The minimum Gasteiger partial charge on any atom is -0.662 e. The second kappa shape index (κ2) is 3.20. The van der Waals surface area contributed by atoms with E-state index in [-0.39, 0.29) is 32.7 Å². The van der Waals surface area contributed by atoms with Gasteiger partial charge in [0.05, 0.1) is 0 Å². The SMILES string of the molecule is CC(C)C1C2C[N-]CC21.[Y]. The van der Waals surface area contributed by atoms with E-state index in [1.54, 1.807) is 0 Å².